The minimum absolute atomic E-state index is 0.211. The smallest absolute Gasteiger partial charge is 0.304 e. The Morgan fingerprint density at radius 1 is 1.17 bits per heavy atom. The first-order chi connectivity index (χ1) is 8.41. The van der Waals surface area contributed by atoms with Crippen molar-refractivity contribution in [3.05, 3.63) is 34.4 Å². The summed E-state index contributed by atoms with van der Waals surface area (Å²) >= 11 is 0. The van der Waals surface area contributed by atoms with E-state index in [9.17, 15) is 4.79 Å². The highest BCUT2D eigenvalue weighted by molar-refractivity contribution is 5.66. The van der Waals surface area contributed by atoms with Crippen molar-refractivity contribution in [3.8, 4) is 0 Å². The average Bonchev–Trinajstić information content (AvgIpc) is 2.32. The first-order valence-electron chi connectivity index (χ1n) is 6.38. The van der Waals surface area contributed by atoms with E-state index >= 15 is 0 Å². The quantitative estimate of drug-likeness (QED) is 0.842. The van der Waals surface area contributed by atoms with E-state index in [-0.39, 0.29) is 6.42 Å². The van der Waals surface area contributed by atoms with Gasteiger partial charge in [-0.15, -0.1) is 0 Å². The number of benzene rings is 1. The third kappa shape index (κ3) is 4.15. The van der Waals surface area contributed by atoms with Gasteiger partial charge in [0.1, 0.15) is 0 Å². The number of carbonyl (C=O) groups is 1. The summed E-state index contributed by atoms with van der Waals surface area (Å²) in [7, 11) is 1.97. The third-order valence-electron chi connectivity index (χ3n) is 3.64. The number of carboxylic acid groups (broad SMARTS) is 1. The van der Waals surface area contributed by atoms with Crippen molar-refractivity contribution in [2.75, 3.05) is 20.1 Å². The number of hydrogen-bond acceptors (Lipinski definition) is 2. The second-order valence-electron chi connectivity index (χ2n) is 4.99. The van der Waals surface area contributed by atoms with Gasteiger partial charge in [-0.05, 0) is 56.5 Å². The molecule has 3 heteroatoms. The van der Waals surface area contributed by atoms with E-state index in [0.717, 1.165) is 13.0 Å². The van der Waals surface area contributed by atoms with Crippen molar-refractivity contribution in [3.63, 3.8) is 0 Å². The molecular weight excluding hydrogens is 226 g/mol. The summed E-state index contributed by atoms with van der Waals surface area (Å²) in [6, 6.07) is 4.34. The summed E-state index contributed by atoms with van der Waals surface area (Å²) in [5, 5.41) is 8.63. The Balaban J connectivity index is 2.53. The summed E-state index contributed by atoms with van der Waals surface area (Å²) in [5.74, 6) is -0.732. The van der Waals surface area contributed by atoms with E-state index in [1.807, 2.05) is 7.05 Å². The van der Waals surface area contributed by atoms with E-state index in [1.165, 1.54) is 22.3 Å². The molecule has 0 atom stereocenters. The van der Waals surface area contributed by atoms with E-state index in [1.54, 1.807) is 0 Å². The van der Waals surface area contributed by atoms with Crippen LogP contribution in [0.2, 0.25) is 0 Å². The number of hydrogen-bond donors (Lipinski definition) is 1. The molecule has 1 rings (SSSR count). The van der Waals surface area contributed by atoms with Gasteiger partial charge < -0.3 is 10.0 Å². The van der Waals surface area contributed by atoms with Crippen LogP contribution in [0.3, 0.4) is 0 Å². The molecule has 0 aliphatic heterocycles. The van der Waals surface area contributed by atoms with Crippen LogP contribution < -0.4 is 0 Å². The minimum Gasteiger partial charge on any atom is -0.481 e. The Labute approximate surface area is 109 Å². The number of nitrogens with zero attached hydrogens (tertiary/aromatic N) is 1. The molecule has 0 amide bonds. The molecule has 0 fully saturated rings. The first-order valence-corrected chi connectivity index (χ1v) is 6.38. The van der Waals surface area contributed by atoms with Gasteiger partial charge in [-0.2, -0.15) is 0 Å². The van der Waals surface area contributed by atoms with Crippen LogP contribution in [0.15, 0.2) is 12.1 Å². The van der Waals surface area contributed by atoms with Crippen molar-refractivity contribution < 1.29 is 9.90 Å². The molecule has 0 heterocycles. The van der Waals surface area contributed by atoms with E-state index in [2.05, 4.69) is 37.8 Å². The first kappa shape index (κ1) is 14.7. The zero-order valence-corrected chi connectivity index (χ0v) is 11.8. The fourth-order valence-corrected chi connectivity index (χ4v) is 1.99. The fraction of sp³-hybridized carbons (Fsp3) is 0.533. The van der Waals surface area contributed by atoms with Gasteiger partial charge in [-0.3, -0.25) is 4.79 Å². The zero-order valence-electron chi connectivity index (χ0n) is 11.8. The Bertz CT molecular complexity index is 427. The zero-order chi connectivity index (χ0) is 13.7. The monoisotopic (exact) mass is 249 g/mol. The van der Waals surface area contributed by atoms with Crippen LogP contribution in [-0.2, 0) is 11.2 Å². The molecule has 0 aliphatic carbocycles. The topological polar surface area (TPSA) is 40.5 Å². The van der Waals surface area contributed by atoms with Gasteiger partial charge in [0.2, 0.25) is 0 Å². The molecule has 0 aromatic heterocycles. The Kier molecular flexibility index (Phi) is 5.35. The molecule has 0 bridgehead atoms. The lowest BCUT2D eigenvalue weighted by Crippen LogP contribution is -2.24. The summed E-state index contributed by atoms with van der Waals surface area (Å²) in [6.07, 6.45) is 1.19. The normalized spacial score (nSPS) is 10.9. The van der Waals surface area contributed by atoms with Crippen molar-refractivity contribution in [1.82, 2.24) is 4.90 Å². The van der Waals surface area contributed by atoms with E-state index in [4.69, 9.17) is 5.11 Å². The molecule has 0 saturated carbocycles. The lowest BCUT2D eigenvalue weighted by Gasteiger charge is -2.17. The number of aliphatic carboxylic acids is 1. The molecule has 0 saturated heterocycles. The van der Waals surface area contributed by atoms with Gasteiger partial charge in [0, 0.05) is 13.1 Å². The molecule has 0 unspecified atom stereocenters. The minimum atomic E-state index is -0.732. The second-order valence-corrected chi connectivity index (χ2v) is 4.99. The maximum Gasteiger partial charge on any atom is 0.304 e. The maximum atomic E-state index is 10.5. The molecule has 0 aliphatic rings. The predicted molar refractivity (Wildman–Crippen MR) is 74.1 cm³/mol. The van der Waals surface area contributed by atoms with E-state index < -0.39 is 5.97 Å². The number of likely N-dealkylation sites (N-methyl/N-ethyl adjacent to an activating group) is 1. The maximum absolute atomic E-state index is 10.5. The standard InChI is InChI=1S/C15H23NO2/c1-11-5-6-14(13(3)12(11)2)7-9-16(4)10-8-15(17)18/h5-6H,7-10H2,1-4H3,(H,17,18). The summed E-state index contributed by atoms with van der Waals surface area (Å²) in [6.45, 7) is 7.96. The molecule has 1 N–H and O–H groups in total. The van der Waals surface area contributed by atoms with Crippen LogP contribution in [0.25, 0.3) is 0 Å². The summed E-state index contributed by atoms with van der Waals surface area (Å²) in [5.41, 5.74) is 5.41. The Morgan fingerprint density at radius 2 is 1.83 bits per heavy atom. The van der Waals surface area contributed by atoms with Gasteiger partial charge in [-0.1, -0.05) is 12.1 Å². The van der Waals surface area contributed by atoms with Crippen molar-refractivity contribution in [1.29, 1.82) is 0 Å². The van der Waals surface area contributed by atoms with E-state index in [0.29, 0.717) is 6.54 Å². The number of carboxylic acids is 1. The SMILES string of the molecule is Cc1ccc(CCN(C)CCC(=O)O)c(C)c1C. The third-order valence-corrected chi connectivity index (χ3v) is 3.64. The molecule has 1 aromatic carbocycles. The molecule has 100 valence electrons. The Morgan fingerprint density at radius 3 is 2.44 bits per heavy atom. The highest BCUT2D eigenvalue weighted by Gasteiger charge is 2.06. The second kappa shape index (κ2) is 6.55. The molecule has 0 spiro atoms. The average molecular weight is 249 g/mol. The largest absolute Gasteiger partial charge is 0.481 e. The van der Waals surface area contributed by atoms with Crippen LogP contribution in [0.5, 0.6) is 0 Å². The van der Waals surface area contributed by atoms with Crippen LogP contribution in [0.4, 0.5) is 0 Å². The van der Waals surface area contributed by atoms with Crippen LogP contribution >= 0.6 is 0 Å². The molecule has 1 aromatic rings. The highest BCUT2D eigenvalue weighted by Crippen LogP contribution is 2.17. The lowest BCUT2D eigenvalue weighted by molar-refractivity contribution is -0.137. The van der Waals surface area contributed by atoms with Crippen LogP contribution in [0, 0.1) is 20.8 Å². The molecule has 3 nitrogen and oxygen atoms in total. The van der Waals surface area contributed by atoms with Crippen LogP contribution in [-0.4, -0.2) is 36.1 Å². The van der Waals surface area contributed by atoms with Crippen molar-refractivity contribution >= 4 is 5.97 Å². The summed E-state index contributed by atoms with van der Waals surface area (Å²) < 4.78 is 0. The van der Waals surface area contributed by atoms with Gasteiger partial charge in [-0.25, -0.2) is 0 Å². The highest BCUT2D eigenvalue weighted by atomic mass is 16.4. The Hall–Kier alpha value is -1.35. The summed E-state index contributed by atoms with van der Waals surface area (Å²) in [4.78, 5) is 12.6. The van der Waals surface area contributed by atoms with Crippen molar-refractivity contribution in [2.45, 2.75) is 33.6 Å². The molecular formula is C15H23NO2. The lowest BCUT2D eigenvalue weighted by atomic mass is 9.97. The number of aryl methyl sites for hydroxylation is 1. The van der Waals surface area contributed by atoms with Gasteiger partial charge >= 0.3 is 5.97 Å². The van der Waals surface area contributed by atoms with Gasteiger partial charge in [0.15, 0.2) is 0 Å². The predicted octanol–water partition coefficient (Wildman–Crippen LogP) is 2.56. The van der Waals surface area contributed by atoms with Gasteiger partial charge in [0.05, 0.1) is 6.42 Å². The van der Waals surface area contributed by atoms with Gasteiger partial charge in [0.25, 0.3) is 0 Å². The van der Waals surface area contributed by atoms with Crippen LogP contribution in [0.1, 0.15) is 28.7 Å². The molecule has 0 radical (unpaired) electrons. The van der Waals surface area contributed by atoms with Crippen molar-refractivity contribution in [2.24, 2.45) is 0 Å². The fourth-order valence-electron chi connectivity index (χ4n) is 1.99. The number of rotatable bonds is 6. The molecule has 18 heavy (non-hydrogen) atoms.